The fourth-order valence-electron chi connectivity index (χ4n) is 2.55. The van der Waals surface area contributed by atoms with Gasteiger partial charge in [-0.2, -0.15) is 0 Å². The Morgan fingerprint density at radius 2 is 2.00 bits per heavy atom. The molecule has 2 rings (SSSR count). The first-order valence-corrected chi connectivity index (χ1v) is 7.13. The van der Waals surface area contributed by atoms with Crippen LogP contribution in [0.25, 0.3) is 0 Å². The van der Waals surface area contributed by atoms with Crippen molar-refractivity contribution >= 4 is 0 Å². The standard InChI is InChI=1S/C15H20F3NO/c1-2-3-4-14(10-5-6-19-9-10)20-15-8-12(17)11(16)7-13(15)18/h7-8,10,14,19H,2-6,9H2,1H3/t10?,14-/m1/s1. The smallest absolute Gasteiger partial charge is 0.168 e. The maximum Gasteiger partial charge on any atom is 0.168 e. The van der Waals surface area contributed by atoms with Crippen LogP contribution in [0.4, 0.5) is 13.2 Å². The minimum Gasteiger partial charge on any atom is -0.487 e. The average molecular weight is 287 g/mol. The first-order chi connectivity index (χ1) is 9.61. The quantitative estimate of drug-likeness (QED) is 0.806. The number of hydrogen-bond acceptors (Lipinski definition) is 2. The van der Waals surface area contributed by atoms with Gasteiger partial charge < -0.3 is 10.1 Å². The van der Waals surface area contributed by atoms with Gasteiger partial charge in [0.25, 0.3) is 0 Å². The summed E-state index contributed by atoms with van der Waals surface area (Å²) in [7, 11) is 0. The highest BCUT2D eigenvalue weighted by Gasteiger charge is 2.27. The lowest BCUT2D eigenvalue weighted by atomic mass is 9.97. The second-order valence-electron chi connectivity index (χ2n) is 5.25. The highest BCUT2D eigenvalue weighted by atomic mass is 19.2. The van der Waals surface area contributed by atoms with Crippen molar-refractivity contribution in [3.05, 3.63) is 29.6 Å². The second kappa shape index (κ2) is 6.97. The van der Waals surface area contributed by atoms with Gasteiger partial charge in [0, 0.05) is 24.6 Å². The molecule has 1 unspecified atom stereocenters. The van der Waals surface area contributed by atoms with E-state index in [1.54, 1.807) is 0 Å². The zero-order valence-electron chi connectivity index (χ0n) is 11.6. The molecule has 2 atom stereocenters. The van der Waals surface area contributed by atoms with Gasteiger partial charge in [-0.15, -0.1) is 0 Å². The Bertz CT molecular complexity index is 447. The Morgan fingerprint density at radius 1 is 1.25 bits per heavy atom. The van der Waals surface area contributed by atoms with E-state index in [1.165, 1.54) is 0 Å². The maximum atomic E-state index is 13.7. The van der Waals surface area contributed by atoms with Gasteiger partial charge in [-0.3, -0.25) is 0 Å². The second-order valence-corrected chi connectivity index (χ2v) is 5.25. The normalized spacial score (nSPS) is 20.1. The number of halogens is 3. The van der Waals surface area contributed by atoms with Crippen LogP contribution >= 0.6 is 0 Å². The van der Waals surface area contributed by atoms with Gasteiger partial charge in [0.15, 0.2) is 23.2 Å². The van der Waals surface area contributed by atoms with E-state index in [0.717, 1.165) is 44.8 Å². The fraction of sp³-hybridized carbons (Fsp3) is 0.600. The first-order valence-electron chi connectivity index (χ1n) is 7.13. The molecule has 0 saturated carbocycles. The first kappa shape index (κ1) is 15.2. The van der Waals surface area contributed by atoms with Crippen molar-refractivity contribution in [1.29, 1.82) is 0 Å². The third-order valence-electron chi connectivity index (χ3n) is 3.72. The van der Waals surface area contributed by atoms with E-state index in [9.17, 15) is 13.2 Å². The van der Waals surface area contributed by atoms with Crippen LogP contribution in [0.1, 0.15) is 32.6 Å². The van der Waals surface area contributed by atoms with E-state index >= 15 is 0 Å². The van der Waals surface area contributed by atoms with Crippen LogP contribution in [-0.4, -0.2) is 19.2 Å². The van der Waals surface area contributed by atoms with Crippen molar-refractivity contribution in [2.75, 3.05) is 13.1 Å². The summed E-state index contributed by atoms with van der Waals surface area (Å²) in [4.78, 5) is 0. The third-order valence-corrected chi connectivity index (χ3v) is 3.72. The Kier molecular flexibility index (Phi) is 5.29. The summed E-state index contributed by atoms with van der Waals surface area (Å²) in [5, 5.41) is 3.24. The van der Waals surface area contributed by atoms with Crippen LogP contribution in [0.3, 0.4) is 0 Å². The van der Waals surface area contributed by atoms with Crippen molar-refractivity contribution in [1.82, 2.24) is 5.32 Å². The Labute approximate surface area is 117 Å². The van der Waals surface area contributed by atoms with Gasteiger partial charge in [0.05, 0.1) is 0 Å². The van der Waals surface area contributed by atoms with Crippen molar-refractivity contribution in [2.45, 2.75) is 38.7 Å². The molecule has 1 heterocycles. The number of benzene rings is 1. The predicted octanol–water partition coefficient (Wildman–Crippen LogP) is 3.65. The molecule has 112 valence electrons. The van der Waals surface area contributed by atoms with E-state index in [0.29, 0.717) is 6.07 Å². The van der Waals surface area contributed by atoms with Gasteiger partial charge in [-0.05, 0) is 19.4 Å². The molecule has 1 aromatic rings. The predicted molar refractivity (Wildman–Crippen MR) is 71.2 cm³/mol. The van der Waals surface area contributed by atoms with Gasteiger partial charge >= 0.3 is 0 Å². The van der Waals surface area contributed by atoms with Crippen molar-refractivity contribution < 1.29 is 17.9 Å². The van der Waals surface area contributed by atoms with E-state index in [4.69, 9.17) is 4.74 Å². The van der Waals surface area contributed by atoms with E-state index in [-0.39, 0.29) is 17.8 Å². The molecular weight excluding hydrogens is 267 g/mol. The summed E-state index contributed by atoms with van der Waals surface area (Å²) in [6.45, 7) is 3.80. The fourth-order valence-corrected chi connectivity index (χ4v) is 2.55. The summed E-state index contributed by atoms with van der Waals surface area (Å²) in [6.07, 6.45) is 3.57. The van der Waals surface area contributed by atoms with E-state index in [1.807, 2.05) is 0 Å². The summed E-state index contributed by atoms with van der Waals surface area (Å²) in [6, 6.07) is 1.33. The minimum absolute atomic E-state index is 0.163. The average Bonchev–Trinajstić information content (AvgIpc) is 2.94. The Hall–Kier alpha value is -1.23. The van der Waals surface area contributed by atoms with Crippen molar-refractivity contribution in [2.24, 2.45) is 5.92 Å². The van der Waals surface area contributed by atoms with Crippen LogP contribution in [0, 0.1) is 23.4 Å². The molecule has 5 heteroatoms. The molecule has 0 amide bonds. The lowest BCUT2D eigenvalue weighted by molar-refractivity contribution is 0.124. The number of ether oxygens (including phenoxy) is 1. The SMILES string of the molecule is CCCC[C@@H](Oc1cc(F)c(F)cc1F)C1CCNC1. The Balaban J connectivity index is 2.11. The van der Waals surface area contributed by atoms with Gasteiger partial charge in [0.2, 0.25) is 0 Å². The summed E-state index contributed by atoms with van der Waals surface area (Å²) >= 11 is 0. The topological polar surface area (TPSA) is 21.3 Å². The summed E-state index contributed by atoms with van der Waals surface area (Å²) < 4.78 is 45.4. The molecule has 0 aliphatic carbocycles. The molecular formula is C15H20F3NO. The van der Waals surface area contributed by atoms with Crippen LogP contribution < -0.4 is 10.1 Å². The molecule has 1 aliphatic rings. The summed E-state index contributed by atoms with van der Waals surface area (Å²) in [5.74, 6) is -3.04. The van der Waals surface area contributed by atoms with Crippen molar-refractivity contribution in [3.63, 3.8) is 0 Å². The number of hydrogen-bond donors (Lipinski definition) is 1. The zero-order valence-corrected chi connectivity index (χ0v) is 11.6. The third kappa shape index (κ3) is 3.66. The zero-order chi connectivity index (χ0) is 14.5. The van der Waals surface area contributed by atoms with Gasteiger partial charge in [0.1, 0.15) is 6.10 Å². The van der Waals surface area contributed by atoms with Gasteiger partial charge in [-0.25, -0.2) is 13.2 Å². The Morgan fingerprint density at radius 3 is 2.65 bits per heavy atom. The van der Waals surface area contributed by atoms with Crippen LogP contribution in [0.2, 0.25) is 0 Å². The lowest BCUT2D eigenvalue weighted by Gasteiger charge is -2.24. The highest BCUT2D eigenvalue weighted by Crippen LogP contribution is 2.27. The monoisotopic (exact) mass is 287 g/mol. The number of rotatable bonds is 6. The van der Waals surface area contributed by atoms with Crippen LogP contribution in [0.5, 0.6) is 5.75 Å². The highest BCUT2D eigenvalue weighted by molar-refractivity contribution is 5.26. The molecule has 1 aromatic carbocycles. The minimum atomic E-state index is -1.19. The lowest BCUT2D eigenvalue weighted by Crippen LogP contribution is -2.29. The maximum absolute atomic E-state index is 13.7. The molecule has 0 radical (unpaired) electrons. The number of nitrogens with one attached hydrogen (secondary N) is 1. The molecule has 0 bridgehead atoms. The summed E-state index contributed by atoms with van der Waals surface area (Å²) in [5.41, 5.74) is 0. The largest absolute Gasteiger partial charge is 0.487 e. The van der Waals surface area contributed by atoms with Gasteiger partial charge in [-0.1, -0.05) is 19.8 Å². The van der Waals surface area contributed by atoms with E-state index < -0.39 is 17.5 Å². The molecule has 2 nitrogen and oxygen atoms in total. The molecule has 0 spiro atoms. The molecule has 1 saturated heterocycles. The van der Waals surface area contributed by atoms with Crippen LogP contribution in [0.15, 0.2) is 12.1 Å². The molecule has 1 aliphatic heterocycles. The molecule has 1 N–H and O–H groups in total. The molecule has 0 aromatic heterocycles. The van der Waals surface area contributed by atoms with E-state index in [2.05, 4.69) is 12.2 Å². The molecule has 20 heavy (non-hydrogen) atoms. The number of unbranched alkanes of at least 4 members (excludes halogenated alkanes) is 1. The van der Waals surface area contributed by atoms with Crippen LogP contribution in [-0.2, 0) is 0 Å². The molecule has 1 fully saturated rings. The van der Waals surface area contributed by atoms with Crippen molar-refractivity contribution in [3.8, 4) is 5.75 Å².